The second-order valence-corrected chi connectivity index (χ2v) is 5.41. The summed E-state index contributed by atoms with van der Waals surface area (Å²) in [6.07, 6.45) is 12.0. The van der Waals surface area contributed by atoms with Crippen molar-refractivity contribution in [3.8, 4) is 0 Å². The highest BCUT2D eigenvalue weighted by Gasteiger charge is 2.36. The molecule has 0 saturated heterocycles. The molecule has 1 aliphatic heterocycles. The summed E-state index contributed by atoms with van der Waals surface area (Å²) in [7, 11) is 0. The Bertz CT molecular complexity index is 620. The van der Waals surface area contributed by atoms with Gasteiger partial charge in [-0.05, 0) is 18.9 Å². The Morgan fingerprint density at radius 3 is 2.94 bits per heavy atom. The smallest absolute Gasteiger partial charge is 0.144 e. The van der Waals surface area contributed by atoms with Gasteiger partial charge >= 0.3 is 0 Å². The Morgan fingerprint density at radius 1 is 1.17 bits per heavy atom. The van der Waals surface area contributed by atoms with Crippen LogP contribution in [0.25, 0.3) is 11.0 Å². The largest absolute Gasteiger partial charge is 0.316 e. The van der Waals surface area contributed by atoms with Crippen molar-refractivity contribution in [2.75, 3.05) is 0 Å². The van der Waals surface area contributed by atoms with Gasteiger partial charge < -0.3 is 4.57 Å². The third-order valence-electron chi connectivity index (χ3n) is 4.29. The van der Waals surface area contributed by atoms with Gasteiger partial charge in [0.05, 0.1) is 12.1 Å². The molecule has 0 amide bonds. The number of hydrogen-bond donors (Lipinski definition) is 0. The number of hydrogen-bond acceptors (Lipinski definition) is 3. The van der Waals surface area contributed by atoms with E-state index in [1.807, 2.05) is 6.20 Å². The number of rotatable bonds is 0. The lowest BCUT2D eigenvalue weighted by molar-refractivity contribution is 0.282. The molecule has 0 aromatic carbocycles. The highest BCUT2D eigenvalue weighted by atomic mass is 15.2. The molecule has 4 nitrogen and oxygen atoms in total. The predicted octanol–water partition coefficient (Wildman–Crippen LogP) is 2.68. The third-order valence-corrected chi connectivity index (χ3v) is 4.29. The summed E-state index contributed by atoms with van der Waals surface area (Å²) in [5.41, 5.74) is 2.45. The Labute approximate surface area is 106 Å². The maximum absolute atomic E-state index is 4.60. The fraction of sp³-hybridized carbons (Fsp3) is 0.500. The van der Waals surface area contributed by atoms with Crippen LogP contribution < -0.4 is 0 Å². The van der Waals surface area contributed by atoms with E-state index in [1.165, 1.54) is 37.8 Å². The minimum Gasteiger partial charge on any atom is -0.316 e. The summed E-state index contributed by atoms with van der Waals surface area (Å²) < 4.78 is 2.43. The molecule has 0 N–H and O–H groups in total. The molecule has 0 bridgehead atoms. The van der Waals surface area contributed by atoms with Crippen LogP contribution in [0, 0.1) is 0 Å². The molecular formula is C14H16N4. The quantitative estimate of drug-likeness (QED) is 0.710. The number of aliphatic imine (C=N–C) groups is 1. The average Bonchev–Trinajstić information content (AvgIpc) is 2.79. The monoisotopic (exact) mass is 240 g/mol. The van der Waals surface area contributed by atoms with Crippen LogP contribution in [0.1, 0.15) is 37.8 Å². The first-order valence-electron chi connectivity index (χ1n) is 6.71. The summed E-state index contributed by atoms with van der Waals surface area (Å²) >= 11 is 0. The molecule has 2 aliphatic rings. The standard InChI is InChI=1S/C14H16N4/c1-2-4-14(5-3-1)9-15-8-12-6-11-7-16-10-17-13(11)18(12)14/h6-7,9-10H,1-5,8H2. The van der Waals surface area contributed by atoms with E-state index in [2.05, 4.69) is 31.8 Å². The van der Waals surface area contributed by atoms with Crippen molar-refractivity contribution in [2.24, 2.45) is 4.99 Å². The molecular weight excluding hydrogens is 224 g/mol. The zero-order chi connectivity index (χ0) is 12.0. The van der Waals surface area contributed by atoms with Crippen molar-refractivity contribution >= 4 is 17.2 Å². The van der Waals surface area contributed by atoms with Crippen molar-refractivity contribution < 1.29 is 0 Å². The van der Waals surface area contributed by atoms with Crippen molar-refractivity contribution in [1.82, 2.24) is 14.5 Å². The first kappa shape index (κ1) is 10.2. The van der Waals surface area contributed by atoms with Crippen molar-refractivity contribution in [3.63, 3.8) is 0 Å². The molecule has 1 fully saturated rings. The van der Waals surface area contributed by atoms with Crippen LogP contribution in [0.15, 0.2) is 23.6 Å². The molecule has 18 heavy (non-hydrogen) atoms. The molecule has 2 aromatic rings. The van der Waals surface area contributed by atoms with Gasteiger partial charge in [-0.1, -0.05) is 19.3 Å². The number of aromatic nitrogens is 3. The molecule has 0 unspecified atom stereocenters. The molecule has 0 atom stereocenters. The maximum Gasteiger partial charge on any atom is 0.144 e. The van der Waals surface area contributed by atoms with Gasteiger partial charge in [0.25, 0.3) is 0 Å². The predicted molar refractivity (Wildman–Crippen MR) is 70.8 cm³/mol. The molecule has 1 spiro atoms. The van der Waals surface area contributed by atoms with Crippen LogP contribution in [0.4, 0.5) is 0 Å². The summed E-state index contributed by atoms with van der Waals surface area (Å²) in [6, 6.07) is 2.20. The summed E-state index contributed by atoms with van der Waals surface area (Å²) in [5.74, 6) is 0. The van der Waals surface area contributed by atoms with Crippen LogP contribution >= 0.6 is 0 Å². The van der Waals surface area contributed by atoms with E-state index in [1.54, 1.807) is 6.33 Å². The van der Waals surface area contributed by atoms with Crippen LogP contribution in [0.5, 0.6) is 0 Å². The fourth-order valence-electron chi connectivity index (χ4n) is 3.50. The van der Waals surface area contributed by atoms with Crippen LogP contribution in [-0.4, -0.2) is 20.7 Å². The number of nitrogens with zero attached hydrogens (tertiary/aromatic N) is 4. The topological polar surface area (TPSA) is 43.1 Å². The Balaban J connectivity index is 1.98. The molecule has 1 saturated carbocycles. The van der Waals surface area contributed by atoms with Gasteiger partial charge in [-0.15, -0.1) is 0 Å². The van der Waals surface area contributed by atoms with Gasteiger partial charge in [0.2, 0.25) is 0 Å². The van der Waals surface area contributed by atoms with E-state index in [0.29, 0.717) is 0 Å². The van der Waals surface area contributed by atoms with Gasteiger partial charge in [0.1, 0.15) is 12.0 Å². The lowest BCUT2D eigenvalue weighted by Crippen LogP contribution is -2.40. The van der Waals surface area contributed by atoms with Crippen molar-refractivity contribution in [2.45, 2.75) is 44.2 Å². The molecule has 0 radical (unpaired) electrons. The second kappa shape index (κ2) is 3.64. The van der Waals surface area contributed by atoms with Crippen molar-refractivity contribution in [1.29, 1.82) is 0 Å². The summed E-state index contributed by atoms with van der Waals surface area (Å²) in [6.45, 7) is 0.776. The van der Waals surface area contributed by atoms with Crippen LogP contribution in [-0.2, 0) is 12.1 Å². The zero-order valence-electron chi connectivity index (χ0n) is 10.3. The highest BCUT2D eigenvalue weighted by Crippen LogP contribution is 2.39. The molecule has 3 heterocycles. The minimum absolute atomic E-state index is 0.0853. The zero-order valence-corrected chi connectivity index (χ0v) is 10.3. The molecule has 4 heteroatoms. The van der Waals surface area contributed by atoms with Gasteiger partial charge in [-0.3, -0.25) is 4.99 Å². The fourth-order valence-corrected chi connectivity index (χ4v) is 3.50. The Kier molecular flexibility index (Phi) is 2.07. The average molecular weight is 240 g/mol. The molecule has 4 rings (SSSR count). The summed E-state index contributed by atoms with van der Waals surface area (Å²) in [4.78, 5) is 13.2. The number of fused-ring (bicyclic) bond motifs is 4. The lowest BCUT2D eigenvalue weighted by Gasteiger charge is -2.39. The second-order valence-electron chi connectivity index (χ2n) is 5.41. The van der Waals surface area contributed by atoms with E-state index in [9.17, 15) is 0 Å². The normalized spacial score (nSPS) is 21.3. The first-order valence-corrected chi connectivity index (χ1v) is 6.71. The molecule has 2 aromatic heterocycles. The minimum atomic E-state index is 0.0853. The molecule has 1 aliphatic carbocycles. The van der Waals surface area contributed by atoms with E-state index in [0.717, 1.165) is 17.6 Å². The van der Waals surface area contributed by atoms with Gasteiger partial charge in [-0.25, -0.2) is 9.97 Å². The van der Waals surface area contributed by atoms with E-state index in [4.69, 9.17) is 0 Å². The van der Waals surface area contributed by atoms with E-state index < -0.39 is 0 Å². The van der Waals surface area contributed by atoms with E-state index in [-0.39, 0.29) is 5.54 Å². The third kappa shape index (κ3) is 1.29. The SMILES string of the molecule is C1=NCc2cc3cncnc3n2C12CCCCC2. The highest BCUT2D eigenvalue weighted by molar-refractivity contribution is 5.81. The first-order chi connectivity index (χ1) is 8.89. The van der Waals surface area contributed by atoms with Gasteiger partial charge in [0.15, 0.2) is 0 Å². The Hall–Kier alpha value is -1.71. The lowest BCUT2D eigenvalue weighted by atomic mass is 9.81. The van der Waals surface area contributed by atoms with Crippen LogP contribution in [0.2, 0.25) is 0 Å². The van der Waals surface area contributed by atoms with E-state index >= 15 is 0 Å². The Morgan fingerprint density at radius 2 is 2.06 bits per heavy atom. The molecule has 92 valence electrons. The maximum atomic E-state index is 4.60. The van der Waals surface area contributed by atoms with Gasteiger partial charge in [-0.2, -0.15) is 0 Å². The van der Waals surface area contributed by atoms with Gasteiger partial charge in [0, 0.05) is 23.5 Å². The van der Waals surface area contributed by atoms with Crippen molar-refractivity contribution in [3.05, 3.63) is 24.3 Å². The van der Waals surface area contributed by atoms with Crippen LogP contribution in [0.3, 0.4) is 0 Å². The summed E-state index contributed by atoms with van der Waals surface area (Å²) in [5, 5.41) is 1.14.